The molecule has 0 aliphatic carbocycles. The zero-order chi connectivity index (χ0) is 11.9. The largest absolute Gasteiger partial charge is 1.00 e. The molecule has 0 N–H and O–H groups in total. The van der Waals surface area contributed by atoms with Gasteiger partial charge in [-0.2, -0.15) is 4.58 Å². The molecule has 94 valence electrons. The minimum atomic E-state index is 0. The second kappa shape index (κ2) is 4.81. The molecule has 0 saturated heterocycles. The van der Waals surface area contributed by atoms with E-state index in [1.165, 1.54) is 17.0 Å². The van der Waals surface area contributed by atoms with E-state index in [2.05, 4.69) is 44.4 Å². The molecule has 0 atom stereocenters. The lowest BCUT2D eigenvalue weighted by Crippen LogP contribution is -3.00. The van der Waals surface area contributed by atoms with E-state index in [9.17, 15) is 0 Å². The molecule has 3 heteroatoms. The first kappa shape index (κ1) is 14.2. The van der Waals surface area contributed by atoms with Crippen LogP contribution >= 0.6 is 0 Å². The molecule has 1 aliphatic rings. The summed E-state index contributed by atoms with van der Waals surface area (Å²) in [7, 11) is 1.72. The third kappa shape index (κ3) is 2.01. The second-order valence-corrected chi connectivity index (χ2v) is 4.84. The first-order valence-corrected chi connectivity index (χ1v) is 5.82. The minimum absolute atomic E-state index is 0. The topological polar surface area (TPSA) is 12.2 Å². The number of hydrogen-bond acceptors (Lipinski definition) is 1. The molecule has 0 unspecified atom stereocenters. The Kier molecular flexibility index (Phi) is 4.03. The quantitative estimate of drug-likeness (QED) is 0.706. The van der Waals surface area contributed by atoms with Crippen LogP contribution < -0.4 is 21.7 Å². The third-order valence-corrected chi connectivity index (χ3v) is 3.79. The van der Waals surface area contributed by atoms with Crippen molar-refractivity contribution in [2.45, 2.75) is 33.1 Å². The van der Waals surface area contributed by atoms with Gasteiger partial charge in [0.25, 0.3) is 0 Å². The van der Waals surface area contributed by atoms with E-state index in [4.69, 9.17) is 4.74 Å². The van der Waals surface area contributed by atoms with Crippen molar-refractivity contribution in [3.8, 4) is 5.75 Å². The van der Waals surface area contributed by atoms with Crippen LogP contribution in [0.1, 0.15) is 33.3 Å². The maximum Gasteiger partial charge on any atom is 0.209 e. The molecule has 1 aliphatic heterocycles. The molecule has 0 fully saturated rings. The highest BCUT2D eigenvalue weighted by Crippen LogP contribution is 2.40. The number of fused-ring (bicyclic) bond motifs is 1. The number of rotatable bonds is 2. The summed E-state index contributed by atoms with van der Waals surface area (Å²) in [5, 5.41) is 0. The fourth-order valence-corrected chi connectivity index (χ4v) is 2.50. The summed E-state index contributed by atoms with van der Waals surface area (Å²) in [5.41, 5.74) is 4.22. The van der Waals surface area contributed by atoms with Crippen LogP contribution in [-0.4, -0.2) is 23.9 Å². The van der Waals surface area contributed by atoms with Crippen LogP contribution in [0.4, 0.5) is 5.69 Å². The molecule has 0 bridgehead atoms. The third-order valence-electron chi connectivity index (χ3n) is 3.79. The second-order valence-electron chi connectivity index (χ2n) is 4.84. The summed E-state index contributed by atoms with van der Waals surface area (Å²) < 4.78 is 7.69. The van der Waals surface area contributed by atoms with Gasteiger partial charge < -0.3 is 21.7 Å². The smallest absolute Gasteiger partial charge is 0.209 e. The van der Waals surface area contributed by atoms with Gasteiger partial charge in [0.2, 0.25) is 5.69 Å². The Morgan fingerprint density at radius 2 is 1.94 bits per heavy atom. The fraction of sp³-hybridized carbons (Fsp3) is 0.500. The molecule has 1 aromatic carbocycles. The Balaban J connectivity index is 0.00000144. The van der Waals surface area contributed by atoms with Crippen LogP contribution in [0.25, 0.3) is 0 Å². The fourth-order valence-electron chi connectivity index (χ4n) is 2.50. The zero-order valence-corrected chi connectivity index (χ0v) is 12.8. The monoisotopic (exact) mass is 297 g/mol. The van der Waals surface area contributed by atoms with E-state index >= 15 is 0 Å². The molecule has 0 radical (unpaired) electrons. The first-order valence-electron chi connectivity index (χ1n) is 5.82. The Morgan fingerprint density at radius 1 is 1.29 bits per heavy atom. The van der Waals surface area contributed by atoms with Crippen LogP contribution in [0.5, 0.6) is 5.75 Å². The Hall–Kier alpha value is -0.830. The lowest BCUT2D eigenvalue weighted by atomic mass is 9.82. The van der Waals surface area contributed by atoms with E-state index < -0.39 is 0 Å². The highest BCUT2D eigenvalue weighted by Gasteiger charge is 2.42. The molecule has 0 aromatic heterocycles. The number of ether oxygens (including phenoxy) is 1. The van der Waals surface area contributed by atoms with Gasteiger partial charge in [0.1, 0.15) is 12.3 Å². The van der Waals surface area contributed by atoms with Crippen molar-refractivity contribution in [1.29, 1.82) is 0 Å². The molecule has 2 rings (SSSR count). The van der Waals surface area contributed by atoms with E-state index in [0.717, 1.165) is 12.3 Å². The van der Waals surface area contributed by atoms with E-state index in [1.54, 1.807) is 7.11 Å². The zero-order valence-electron chi connectivity index (χ0n) is 11.2. The summed E-state index contributed by atoms with van der Waals surface area (Å²) in [6, 6.07) is 6.36. The van der Waals surface area contributed by atoms with Gasteiger partial charge in [-0.05, 0) is 32.9 Å². The Morgan fingerprint density at radius 3 is 2.47 bits per heavy atom. The van der Waals surface area contributed by atoms with Crippen LogP contribution in [0.3, 0.4) is 0 Å². The first-order chi connectivity index (χ1) is 7.52. The Bertz CT molecular complexity index is 463. The van der Waals surface area contributed by atoms with Gasteiger partial charge in [-0.15, -0.1) is 0 Å². The number of nitrogens with zero attached hydrogens (tertiary/aromatic N) is 1. The van der Waals surface area contributed by atoms with Crippen LogP contribution in [-0.2, 0) is 5.41 Å². The summed E-state index contributed by atoms with van der Waals surface area (Å²) in [4.78, 5) is 0. The van der Waals surface area contributed by atoms with Crippen molar-refractivity contribution in [3.05, 3.63) is 23.8 Å². The van der Waals surface area contributed by atoms with E-state index in [-0.39, 0.29) is 22.4 Å². The van der Waals surface area contributed by atoms with Crippen molar-refractivity contribution in [2.75, 3.05) is 13.7 Å². The molecular weight excluding hydrogens is 278 g/mol. The molecule has 1 heterocycles. The predicted octanol–water partition coefficient (Wildman–Crippen LogP) is 0.115. The van der Waals surface area contributed by atoms with Crippen molar-refractivity contribution >= 4 is 11.4 Å². The van der Waals surface area contributed by atoms with Crippen molar-refractivity contribution < 1.29 is 26.3 Å². The van der Waals surface area contributed by atoms with E-state index in [1.807, 2.05) is 6.07 Å². The number of halogens is 1. The van der Waals surface area contributed by atoms with Gasteiger partial charge in [0, 0.05) is 18.6 Å². The van der Waals surface area contributed by atoms with Crippen molar-refractivity contribution in [3.63, 3.8) is 0 Å². The molecule has 0 spiro atoms. The van der Waals surface area contributed by atoms with Gasteiger partial charge in [-0.1, -0.05) is 0 Å². The van der Waals surface area contributed by atoms with Crippen LogP contribution in [0.15, 0.2) is 18.2 Å². The maximum atomic E-state index is 5.31. The molecule has 2 nitrogen and oxygen atoms in total. The lowest BCUT2D eigenvalue weighted by Gasteiger charge is -2.15. The SMILES string of the molecule is CC[N+]1=C(C)C(C)(C)c2cc(OC)ccc21.[Br-]. The summed E-state index contributed by atoms with van der Waals surface area (Å²) >= 11 is 0. The number of methoxy groups -OCH3 is 1. The predicted molar refractivity (Wildman–Crippen MR) is 67.2 cm³/mol. The van der Waals surface area contributed by atoms with Gasteiger partial charge in [-0.25, -0.2) is 0 Å². The molecule has 0 amide bonds. The average molecular weight is 298 g/mol. The highest BCUT2D eigenvalue weighted by atomic mass is 79.9. The summed E-state index contributed by atoms with van der Waals surface area (Å²) in [6.07, 6.45) is 0. The molecular formula is C14H20BrNO. The van der Waals surface area contributed by atoms with Crippen LogP contribution in [0.2, 0.25) is 0 Å². The van der Waals surface area contributed by atoms with Crippen LogP contribution in [0, 0.1) is 0 Å². The van der Waals surface area contributed by atoms with Gasteiger partial charge in [0.15, 0.2) is 5.71 Å². The van der Waals surface area contributed by atoms with Crippen molar-refractivity contribution in [2.24, 2.45) is 0 Å². The minimum Gasteiger partial charge on any atom is -1.00 e. The maximum absolute atomic E-state index is 5.31. The number of benzene rings is 1. The molecule has 0 saturated carbocycles. The van der Waals surface area contributed by atoms with E-state index in [0.29, 0.717) is 0 Å². The molecule has 1 aromatic rings. The Labute approximate surface area is 114 Å². The summed E-state index contributed by atoms with van der Waals surface area (Å²) in [5.74, 6) is 0.942. The van der Waals surface area contributed by atoms with Gasteiger partial charge >= 0.3 is 0 Å². The van der Waals surface area contributed by atoms with Gasteiger partial charge in [-0.3, -0.25) is 0 Å². The average Bonchev–Trinajstić information content (AvgIpc) is 2.47. The molecule has 17 heavy (non-hydrogen) atoms. The van der Waals surface area contributed by atoms with Crippen molar-refractivity contribution in [1.82, 2.24) is 0 Å². The lowest BCUT2D eigenvalue weighted by molar-refractivity contribution is -0.434. The highest BCUT2D eigenvalue weighted by molar-refractivity contribution is 5.93. The number of hydrogen-bond donors (Lipinski definition) is 0. The standard InChI is InChI=1S/C14H20NO.BrH/c1-6-15-10(2)14(3,4)12-9-11(16-5)7-8-13(12)15;/h7-9H,6H2,1-5H3;1H/q+1;/p-1. The van der Waals surface area contributed by atoms with Gasteiger partial charge in [0.05, 0.1) is 12.5 Å². The summed E-state index contributed by atoms with van der Waals surface area (Å²) in [6.45, 7) is 9.98. The normalized spacial score (nSPS) is 16.5.